The molecule has 2 N–H and O–H groups in total. The standard InChI is InChI=1S/C19H24N2O3/c1-13(2)11-15-6-8-16(9-7-15)14(3)21-18(22)12-24-19(23)17-5-4-10-20-17/h4-10,13-14,20H,11-12H2,1-3H3,(H,21,22)/t14-/m1/s1. The smallest absolute Gasteiger partial charge is 0.355 e. The van der Waals surface area contributed by atoms with Crippen molar-refractivity contribution >= 4 is 11.9 Å². The van der Waals surface area contributed by atoms with Crippen LogP contribution in [0, 0.1) is 5.92 Å². The van der Waals surface area contributed by atoms with Gasteiger partial charge in [0.05, 0.1) is 6.04 Å². The number of amides is 1. The van der Waals surface area contributed by atoms with E-state index in [9.17, 15) is 9.59 Å². The maximum atomic E-state index is 11.9. The van der Waals surface area contributed by atoms with Gasteiger partial charge in [0.15, 0.2) is 6.61 Å². The molecule has 0 radical (unpaired) electrons. The van der Waals surface area contributed by atoms with Crippen LogP contribution in [0.2, 0.25) is 0 Å². The number of H-pyrrole nitrogens is 1. The molecule has 0 bridgehead atoms. The largest absolute Gasteiger partial charge is 0.451 e. The third kappa shape index (κ3) is 5.26. The average molecular weight is 328 g/mol. The third-order valence-corrected chi connectivity index (χ3v) is 3.65. The highest BCUT2D eigenvalue weighted by Gasteiger charge is 2.13. The number of benzene rings is 1. The summed E-state index contributed by atoms with van der Waals surface area (Å²) in [7, 11) is 0. The van der Waals surface area contributed by atoms with Crippen molar-refractivity contribution in [3.63, 3.8) is 0 Å². The fraction of sp³-hybridized carbons (Fsp3) is 0.368. The summed E-state index contributed by atoms with van der Waals surface area (Å²) in [5.74, 6) is -0.253. The molecule has 24 heavy (non-hydrogen) atoms. The van der Waals surface area contributed by atoms with E-state index in [1.165, 1.54) is 5.56 Å². The second kappa shape index (κ2) is 8.34. The van der Waals surface area contributed by atoms with Crippen molar-refractivity contribution in [2.24, 2.45) is 5.92 Å². The Labute approximate surface area is 142 Å². The number of esters is 1. The van der Waals surface area contributed by atoms with Crippen LogP contribution < -0.4 is 5.32 Å². The second-order valence-corrected chi connectivity index (χ2v) is 6.29. The quantitative estimate of drug-likeness (QED) is 0.767. The van der Waals surface area contributed by atoms with E-state index in [1.54, 1.807) is 18.3 Å². The number of hydrogen-bond acceptors (Lipinski definition) is 3. The van der Waals surface area contributed by atoms with Crippen LogP contribution in [0.4, 0.5) is 0 Å². The van der Waals surface area contributed by atoms with Crippen molar-refractivity contribution in [3.05, 3.63) is 59.4 Å². The van der Waals surface area contributed by atoms with Gasteiger partial charge in [-0.15, -0.1) is 0 Å². The first-order valence-electron chi connectivity index (χ1n) is 8.14. The van der Waals surface area contributed by atoms with Crippen molar-refractivity contribution in [2.45, 2.75) is 33.2 Å². The molecule has 128 valence electrons. The van der Waals surface area contributed by atoms with Gasteiger partial charge in [0.2, 0.25) is 0 Å². The van der Waals surface area contributed by atoms with Gasteiger partial charge in [-0.2, -0.15) is 0 Å². The Morgan fingerprint density at radius 1 is 1.12 bits per heavy atom. The summed E-state index contributed by atoms with van der Waals surface area (Å²) in [6.45, 7) is 5.98. The summed E-state index contributed by atoms with van der Waals surface area (Å²) in [6.07, 6.45) is 2.66. The van der Waals surface area contributed by atoms with Crippen molar-refractivity contribution in [1.82, 2.24) is 10.3 Å². The van der Waals surface area contributed by atoms with Crippen molar-refractivity contribution < 1.29 is 14.3 Å². The zero-order valence-electron chi connectivity index (χ0n) is 14.3. The molecule has 0 spiro atoms. The molecule has 1 aromatic heterocycles. The van der Waals surface area contributed by atoms with E-state index >= 15 is 0 Å². The summed E-state index contributed by atoms with van der Waals surface area (Å²) in [6, 6.07) is 11.4. The van der Waals surface area contributed by atoms with Crippen molar-refractivity contribution in [1.29, 1.82) is 0 Å². The molecule has 0 unspecified atom stereocenters. The van der Waals surface area contributed by atoms with Crippen LogP contribution in [0.15, 0.2) is 42.6 Å². The lowest BCUT2D eigenvalue weighted by molar-refractivity contribution is -0.124. The second-order valence-electron chi connectivity index (χ2n) is 6.29. The number of hydrogen-bond donors (Lipinski definition) is 2. The predicted octanol–water partition coefficient (Wildman–Crippen LogP) is 3.25. The van der Waals surface area contributed by atoms with Gasteiger partial charge in [0.1, 0.15) is 5.69 Å². The number of ether oxygens (including phenoxy) is 1. The number of carbonyl (C=O) groups is 2. The first kappa shape index (κ1) is 17.8. The van der Waals surface area contributed by atoms with E-state index < -0.39 is 5.97 Å². The molecule has 5 nitrogen and oxygen atoms in total. The number of aromatic nitrogens is 1. The van der Waals surface area contributed by atoms with Crippen LogP contribution in [0.3, 0.4) is 0 Å². The first-order valence-corrected chi connectivity index (χ1v) is 8.14. The normalized spacial score (nSPS) is 12.0. The average Bonchev–Trinajstić information content (AvgIpc) is 3.07. The summed E-state index contributed by atoms with van der Waals surface area (Å²) in [5.41, 5.74) is 2.63. The van der Waals surface area contributed by atoms with Crippen molar-refractivity contribution in [2.75, 3.05) is 6.61 Å². The van der Waals surface area contributed by atoms with E-state index in [1.807, 2.05) is 19.1 Å². The molecule has 0 aliphatic carbocycles. The van der Waals surface area contributed by atoms with E-state index in [4.69, 9.17) is 4.74 Å². The van der Waals surface area contributed by atoms with Crippen LogP contribution >= 0.6 is 0 Å². The topological polar surface area (TPSA) is 71.2 Å². The predicted molar refractivity (Wildman–Crippen MR) is 92.6 cm³/mol. The number of aromatic amines is 1. The molecule has 2 rings (SSSR count). The van der Waals surface area contributed by atoms with Gasteiger partial charge in [-0.05, 0) is 42.5 Å². The number of carbonyl (C=O) groups excluding carboxylic acids is 2. The molecule has 0 fully saturated rings. The molecular formula is C19H24N2O3. The Kier molecular flexibility index (Phi) is 6.18. The van der Waals surface area contributed by atoms with E-state index in [0.717, 1.165) is 12.0 Å². The van der Waals surface area contributed by atoms with Gasteiger partial charge in [-0.1, -0.05) is 38.1 Å². The molecule has 1 aromatic carbocycles. The lowest BCUT2D eigenvalue weighted by Gasteiger charge is -2.15. The van der Waals surface area contributed by atoms with Crippen LogP contribution in [0.1, 0.15) is 48.4 Å². The van der Waals surface area contributed by atoms with Gasteiger partial charge in [-0.3, -0.25) is 4.79 Å². The summed E-state index contributed by atoms with van der Waals surface area (Å²) in [5, 5.41) is 2.83. The maximum absolute atomic E-state index is 11.9. The Hall–Kier alpha value is -2.56. The van der Waals surface area contributed by atoms with Crippen molar-refractivity contribution in [3.8, 4) is 0 Å². The minimum Gasteiger partial charge on any atom is -0.451 e. The number of rotatable bonds is 7. The Bertz CT molecular complexity index is 660. The summed E-state index contributed by atoms with van der Waals surface area (Å²) < 4.78 is 4.97. The minimum atomic E-state index is -0.541. The van der Waals surface area contributed by atoms with Crippen LogP contribution in [-0.4, -0.2) is 23.5 Å². The van der Waals surface area contributed by atoms with Gasteiger partial charge in [-0.25, -0.2) is 4.79 Å². The van der Waals surface area contributed by atoms with Gasteiger partial charge in [0, 0.05) is 6.20 Å². The Morgan fingerprint density at radius 2 is 1.83 bits per heavy atom. The fourth-order valence-electron chi connectivity index (χ4n) is 2.45. The maximum Gasteiger partial charge on any atom is 0.355 e. The summed E-state index contributed by atoms with van der Waals surface area (Å²) in [4.78, 5) is 26.3. The molecule has 0 aliphatic heterocycles. The zero-order valence-corrected chi connectivity index (χ0v) is 14.3. The summed E-state index contributed by atoms with van der Waals surface area (Å²) >= 11 is 0. The first-order chi connectivity index (χ1) is 11.5. The zero-order chi connectivity index (χ0) is 17.5. The highest BCUT2D eigenvalue weighted by molar-refractivity contribution is 5.89. The monoisotopic (exact) mass is 328 g/mol. The SMILES string of the molecule is CC(C)Cc1ccc([C@@H](C)NC(=O)COC(=O)c2ccc[nH]2)cc1. The Balaban J connectivity index is 1.81. The molecule has 0 saturated heterocycles. The highest BCUT2D eigenvalue weighted by Crippen LogP contribution is 2.15. The molecule has 0 saturated carbocycles. The van der Waals surface area contributed by atoms with Gasteiger partial charge in [0.25, 0.3) is 5.91 Å². The van der Waals surface area contributed by atoms with Crippen LogP contribution in [0.25, 0.3) is 0 Å². The molecule has 1 atom stereocenters. The molecule has 5 heteroatoms. The molecule has 2 aromatic rings. The lowest BCUT2D eigenvalue weighted by atomic mass is 10.00. The highest BCUT2D eigenvalue weighted by atomic mass is 16.5. The van der Waals surface area contributed by atoms with E-state index in [0.29, 0.717) is 11.6 Å². The van der Waals surface area contributed by atoms with Crippen LogP contribution in [0.5, 0.6) is 0 Å². The van der Waals surface area contributed by atoms with Gasteiger partial charge >= 0.3 is 5.97 Å². The molecular weight excluding hydrogens is 304 g/mol. The molecule has 0 aliphatic rings. The third-order valence-electron chi connectivity index (χ3n) is 3.65. The molecule has 1 amide bonds. The van der Waals surface area contributed by atoms with Crippen LogP contribution in [-0.2, 0) is 16.0 Å². The van der Waals surface area contributed by atoms with E-state index in [2.05, 4.69) is 36.3 Å². The minimum absolute atomic E-state index is 0.144. The number of nitrogens with one attached hydrogen (secondary N) is 2. The Morgan fingerprint density at radius 3 is 2.42 bits per heavy atom. The van der Waals surface area contributed by atoms with E-state index in [-0.39, 0.29) is 18.6 Å². The lowest BCUT2D eigenvalue weighted by Crippen LogP contribution is -2.31. The fourth-order valence-corrected chi connectivity index (χ4v) is 2.45. The molecule has 1 heterocycles. The van der Waals surface area contributed by atoms with Gasteiger partial charge < -0.3 is 15.0 Å².